The van der Waals surface area contributed by atoms with Crippen molar-refractivity contribution < 1.29 is 14.3 Å². The number of carbonyl (C=O) groups excluding carboxylic acids is 1. The maximum atomic E-state index is 12.0. The van der Waals surface area contributed by atoms with Crippen LogP contribution in [0.25, 0.3) is 0 Å². The molecule has 2 rings (SSSR count). The number of nitrogens with two attached hydrogens (primary N) is 1. The Labute approximate surface area is 117 Å². The van der Waals surface area contributed by atoms with E-state index in [2.05, 4.69) is 5.32 Å². The smallest absolute Gasteiger partial charge is 0.241 e. The van der Waals surface area contributed by atoms with Gasteiger partial charge in [-0.05, 0) is 5.41 Å². The molecule has 0 radical (unpaired) electrons. The van der Waals surface area contributed by atoms with Crippen LogP contribution < -0.4 is 20.5 Å². The molecule has 1 aromatic rings. The number of benzene rings is 1. The van der Waals surface area contributed by atoms with E-state index in [0.29, 0.717) is 22.2 Å². The average Bonchev–Trinajstić information content (AvgIpc) is 2.74. The molecule has 0 saturated heterocycles. The summed E-state index contributed by atoms with van der Waals surface area (Å²) < 4.78 is 10.4. The Hall–Kier alpha value is -1.46. The first kappa shape index (κ1) is 14.0. The number of fused-ring (bicyclic) bond motifs is 1. The number of rotatable bonds is 2. The van der Waals surface area contributed by atoms with E-state index >= 15 is 0 Å². The number of ether oxygens (including phenoxy) is 2. The minimum atomic E-state index is -0.631. The largest absolute Gasteiger partial charge is 0.454 e. The second-order valence-electron chi connectivity index (χ2n) is 5.52. The summed E-state index contributed by atoms with van der Waals surface area (Å²) in [6.07, 6.45) is 0. The van der Waals surface area contributed by atoms with Crippen molar-refractivity contribution in [3.8, 4) is 11.5 Å². The second kappa shape index (κ2) is 4.90. The van der Waals surface area contributed by atoms with Gasteiger partial charge >= 0.3 is 0 Å². The SMILES string of the molecule is CC(C)(C)[C@@H](N)C(=O)Nc1cc2c(cc1Cl)OCO2. The number of hydrogen-bond acceptors (Lipinski definition) is 4. The van der Waals surface area contributed by atoms with Crippen molar-refractivity contribution in [1.82, 2.24) is 0 Å². The lowest BCUT2D eigenvalue weighted by Crippen LogP contribution is -2.45. The Bertz CT molecular complexity index is 511. The van der Waals surface area contributed by atoms with E-state index in [0.717, 1.165) is 0 Å². The summed E-state index contributed by atoms with van der Waals surface area (Å²) in [5.41, 5.74) is 6.04. The third-order valence-electron chi connectivity index (χ3n) is 2.94. The maximum absolute atomic E-state index is 12.0. The van der Waals surface area contributed by atoms with E-state index < -0.39 is 6.04 Å². The summed E-state index contributed by atoms with van der Waals surface area (Å²) in [5.74, 6) is 0.848. The van der Waals surface area contributed by atoms with Crippen LogP contribution in [0.4, 0.5) is 5.69 Å². The van der Waals surface area contributed by atoms with Gasteiger partial charge in [0.15, 0.2) is 11.5 Å². The van der Waals surface area contributed by atoms with Crippen LogP contribution in [0.2, 0.25) is 5.02 Å². The molecule has 19 heavy (non-hydrogen) atoms. The Morgan fingerprint density at radius 3 is 2.53 bits per heavy atom. The topological polar surface area (TPSA) is 73.6 Å². The fourth-order valence-corrected chi connectivity index (χ4v) is 1.82. The molecule has 0 saturated carbocycles. The minimum absolute atomic E-state index is 0.157. The zero-order valence-corrected chi connectivity index (χ0v) is 11.9. The second-order valence-corrected chi connectivity index (χ2v) is 5.93. The Morgan fingerprint density at radius 1 is 1.37 bits per heavy atom. The highest BCUT2D eigenvalue weighted by atomic mass is 35.5. The summed E-state index contributed by atoms with van der Waals surface area (Å²) in [6.45, 7) is 5.86. The van der Waals surface area contributed by atoms with Gasteiger partial charge in [-0.25, -0.2) is 0 Å². The first-order valence-electron chi connectivity index (χ1n) is 5.94. The first-order chi connectivity index (χ1) is 8.79. The van der Waals surface area contributed by atoms with Crippen LogP contribution in [-0.4, -0.2) is 18.7 Å². The highest BCUT2D eigenvalue weighted by Gasteiger charge is 2.28. The molecule has 0 aliphatic carbocycles. The highest BCUT2D eigenvalue weighted by molar-refractivity contribution is 6.34. The number of carbonyl (C=O) groups is 1. The van der Waals surface area contributed by atoms with Crippen molar-refractivity contribution >= 4 is 23.2 Å². The molecule has 5 nitrogen and oxygen atoms in total. The van der Waals surface area contributed by atoms with E-state index in [9.17, 15) is 4.79 Å². The van der Waals surface area contributed by atoms with Crippen molar-refractivity contribution in [2.45, 2.75) is 26.8 Å². The van der Waals surface area contributed by atoms with Crippen LogP contribution in [0.1, 0.15) is 20.8 Å². The van der Waals surface area contributed by atoms with Crippen molar-refractivity contribution in [1.29, 1.82) is 0 Å². The standard InChI is InChI=1S/C13H17ClN2O3/c1-13(2,3)11(15)12(17)16-8-5-10-9(4-7(8)14)18-6-19-10/h4-5,11H,6,15H2,1-3H3,(H,16,17)/t11-/m0/s1. The van der Waals surface area contributed by atoms with Gasteiger partial charge in [-0.15, -0.1) is 0 Å². The van der Waals surface area contributed by atoms with E-state index in [-0.39, 0.29) is 18.1 Å². The average molecular weight is 285 g/mol. The molecule has 0 aromatic heterocycles. The summed E-state index contributed by atoms with van der Waals surface area (Å²) in [5, 5.41) is 3.10. The molecule has 104 valence electrons. The van der Waals surface area contributed by atoms with E-state index in [1.165, 1.54) is 0 Å². The lowest BCUT2D eigenvalue weighted by Gasteiger charge is -2.26. The van der Waals surface area contributed by atoms with Gasteiger partial charge in [0.25, 0.3) is 0 Å². The lowest BCUT2D eigenvalue weighted by molar-refractivity contribution is -0.119. The lowest BCUT2D eigenvalue weighted by atomic mass is 9.87. The number of halogens is 1. The van der Waals surface area contributed by atoms with Crippen LogP contribution in [-0.2, 0) is 4.79 Å². The van der Waals surface area contributed by atoms with Gasteiger partial charge < -0.3 is 20.5 Å². The third-order valence-corrected chi connectivity index (χ3v) is 3.25. The maximum Gasteiger partial charge on any atom is 0.241 e. The van der Waals surface area contributed by atoms with Gasteiger partial charge in [-0.3, -0.25) is 4.79 Å². The minimum Gasteiger partial charge on any atom is -0.454 e. The Balaban J connectivity index is 2.18. The molecule has 1 aromatic carbocycles. The summed E-state index contributed by atoms with van der Waals surface area (Å²) >= 11 is 6.08. The zero-order chi connectivity index (χ0) is 14.2. The summed E-state index contributed by atoms with van der Waals surface area (Å²) in [6, 6.07) is 2.62. The molecular weight excluding hydrogens is 268 g/mol. The van der Waals surface area contributed by atoms with Crippen LogP contribution in [0.5, 0.6) is 11.5 Å². The molecule has 0 bridgehead atoms. The molecule has 0 unspecified atom stereocenters. The number of hydrogen-bond donors (Lipinski definition) is 2. The molecule has 1 heterocycles. The third kappa shape index (κ3) is 2.93. The van der Waals surface area contributed by atoms with E-state index in [4.69, 9.17) is 26.8 Å². The quantitative estimate of drug-likeness (QED) is 0.874. The van der Waals surface area contributed by atoms with Gasteiger partial charge in [-0.2, -0.15) is 0 Å². The van der Waals surface area contributed by atoms with Crippen molar-refractivity contribution in [2.75, 3.05) is 12.1 Å². The van der Waals surface area contributed by atoms with Crippen molar-refractivity contribution in [3.63, 3.8) is 0 Å². The molecule has 0 spiro atoms. The zero-order valence-electron chi connectivity index (χ0n) is 11.1. The Kier molecular flexibility index (Phi) is 3.60. The molecule has 1 amide bonds. The van der Waals surface area contributed by atoms with Crippen molar-refractivity contribution in [3.05, 3.63) is 17.2 Å². The predicted octanol–water partition coefficient (Wildman–Crippen LogP) is 2.38. The van der Waals surface area contributed by atoms with Gasteiger partial charge in [0, 0.05) is 12.1 Å². The van der Waals surface area contributed by atoms with Crippen LogP contribution in [0, 0.1) is 5.41 Å². The monoisotopic (exact) mass is 284 g/mol. The predicted molar refractivity (Wildman–Crippen MR) is 73.6 cm³/mol. The van der Waals surface area contributed by atoms with Crippen LogP contribution in [0.3, 0.4) is 0 Å². The molecule has 1 aliphatic heterocycles. The molecular formula is C13H17ClN2O3. The molecule has 3 N–H and O–H groups in total. The fraction of sp³-hybridized carbons (Fsp3) is 0.462. The van der Waals surface area contributed by atoms with Crippen LogP contribution >= 0.6 is 11.6 Å². The Morgan fingerprint density at radius 2 is 1.95 bits per heavy atom. The number of nitrogens with one attached hydrogen (secondary N) is 1. The van der Waals surface area contributed by atoms with Crippen LogP contribution in [0.15, 0.2) is 12.1 Å². The number of anilines is 1. The molecule has 1 atom stereocenters. The van der Waals surface area contributed by atoms with Gasteiger partial charge in [0.05, 0.1) is 16.8 Å². The summed E-state index contributed by atoms with van der Waals surface area (Å²) in [4.78, 5) is 12.0. The van der Waals surface area contributed by atoms with E-state index in [1.54, 1.807) is 12.1 Å². The first-order valence-corrected chi connectivity index (χ1v) is 6.32. The summed E-state index contributed by atoms with van der Waals surface area (Å²) in [7, 11) is 0. The molecule has 6 heteroatoms. The van der Waals surface area contributed by atoms with Gasteiger partial charge in [0.1, 0.15) is 0 Å². The van der Waals surface area contributed by atoms with E-state index in [1.807, 2.05) is 20.8 Å². The fourth-order valence-electron chi connectivity index (χ4n) is 1.62. The van der Waals surface area contributed by atoms with Crippen molar-refractivity contribution in [2.24, 2.45) is 11.1 Å². The number of amides is 1. The van der Waals surface area contributed by atoms with Gasteiger partial charge in [-0.1, -0.05) is 32.4 Å². The van der Waals surface area contributed by atoms with Gasteiger partial charge in [0.2, 0.25) is 12.7 Å². The highest BCUT2D eigenvalue weighted by Crippen LogP contribution is 2.39. The molecule has 1 aliphatic rings. The normalized spacial score (nSPS) is 15.2. The molecule has 0 fully saturated rings.